The van der Waals surface area contributed by atoms with Gasteiger partial charge in [-0.3, -0.25) is 4.79 Å². The van der Waals surface area contributed by atoms with Crippen molar-refractivity contribution in [2.75, 3.05) is 13.7 Å². The van der Waals surface area contributed by atoms with Crippen LogP contribution in [0.4, 0.5) is 0 Å². The van der Waals surface area contributed by atoms with Crippen LogP contribution in [0.5, 0.6) is 0 Å². The molecule has 2 aliphatic rings. The van der Waals surface area contributed by atoms with Crippen molar-refractivity contribution < 1.29 is 33.2 Å². The Bertz CT molecular complexity index is 712. The Morgan fingerprint density at radius 3 is 2.25 bits per heavy atom. The summed E-state index contributed by atoms with van der Waals surface area (Å²) >= 11 is 0. The number of methoxy groups -OCH3 is 1. The lowest BCUT2D eigenvalue weighted by molar-refractivity contribution is -0.302. The Balaban J connectivity index is 1.72. The van der Waals surface area contributed by atoms with Crippen LogP contribution in [0.2, 0.25) is 0 Å². The number of carbonyl (C=O) groups is 1. The summed E-state index contributed by atoms with van der Waals surface area (Å²) in [5.74, 6) is -0.0510. The van der Waals surface area contributed by atoms with Gasteiger partial charge in [-0.25, -0.2) is 0 Å². The highest BCUT2D eigenvalue weighted by Crippen LogP contribution is 2.38. The molecular formula is C25H38O7. The summed E-state index contributed by atoms with van der Waals surface area (Å²) in [5.41, 5.74) is 1.10. The standard InChI is InChI=1S/C25H38O7/c1-7-20-17(4)23(29-18(5)26)25(30-20)32-22-15(2)16(3)24(27-6)31-21(22)14-28-13-19-11-9-8-10-12-19/h8-12,15-17,20-25H,7,13-14H2,1-6H3/t15-,16?,17+,20-,21?,22+,23?,24+,25+/m1/s1. The minimum absolute atomic E-state index is 0.0268. The molecular weight excluding hydrogens is 412 g/mol. The molecule has 2 saturated heterocycles. The van der Waals surface area contributed by atoms with Gasteiger partial charge in [-0.2, -0.15) is 0 Å². The van der Waals surface area contributed by atoms with Gasteiger partial charge in [0.15, 0.2) is 18.7 Å². The molecule has 0 aliphatic carbocycles. The van der Waals surface area contributed by atoms with E-state index in [-0.39, 0.29) is 48.3 Å². The van der Waals surface area contributed by atoms with Crippen LogP contribution in [0.3, 0.4) is 0 Å². The van der Waals surface area contributed by atoms with Crippen LogP contribution in [0.25, 0.3) is 0 Å². The second-order valence-electron chi connectivity index (χ2n) is 8.98. The van der Waals surface area contributed by atoms with Crippen molar-refractivity contribution >= 4 is 5.97 Å². The molecule has 7 heteroatoms. The van der Waals surface area contributed by atoms with Crippen LogP contribution in [0, 0.1) is 17.8 Å². The van der Waals surface area contributed by atoms with E-state index >= 15 is 0 Å². The molecule has 2 heterocycles. The van der Waals surface area contributed by atoms with Crippen LogP contribution >= 0.6 is 0 Å². The highest BCUT2D eigenvalue weighted by atomic mass is 16.7. The molecule has 2 aliphatic heterocycles. The lowest BCUT2D eigenvalue weighted by atomic mass is 9.84. The molecule has 2 fully saturated rings. The predicted molar refractivity (Wildman–Crippen MR) is 119 cm³/mol. The maximum atomic E-state index is 11.7. The summed E-state index contributed by atoms with van der Waals surface area (Å²) in [7, 11) is 1.65. The van der Waals surface area contributed by atoms with Gasteiger partial charge in [0.2, 0.25) is 0 Å². The Kier molecular flexibility index (Phi) is 9.08. The van der Waals surface area contributed by atoms with Gasteiger partial charge in [0.1, 0.15) is 6.10 Å². The van der Waals surface area contributed by atoms with Crippen LogP contribution in [0.15, 0.2) is 30.3 Å². The van der Waals surface area contributed by atoms with Crippen molar-refractivity contribution in [2.24, 2.45) is 17.8 Å². The number of hydrogen-bond donors (Lipinski definition) is 0. The summed E-state index contributed by atoms with van der Waals surface area (Å²) in [6.45, 7) is 10.6. The fourth-order valence-electron chi connectivity index (χ4n) is 4.66. The monoisotopic (exact) mass is 450 g/mol. The molecule has 180 valence electrons. The summed E-state index contributed by atoms with van der Waals surface area (Å²) in [6, 6.07) is 10.0. The molecule has 3 rings (SSSR count). The molecule has 9 atom stereocenters. The van der Waals surface area contributed by atoms with Crippen LogP contribution in [-0.2, 0) is 39.8 Å². The van der Waals surface area contributed by atoms with Crippen molar-refractivity contribution in [1.82, 2.24) is 0 Å². The third kappa shape index (κ3) is 5.88. The average Bonchev–Trinajstić information content (AvgIpc) is 3.07. The highest BCUT2D eigenvalue weighted by Gasteiger charge is 2.49. The Labute approximate surface area is 191 Å². The van der Waals surface area contributed by atoms with Crippen molar-refractivity contribution in [1.29, 1.82) is 0 Å². The summed E-state index contributed by atoms with van der Waals surface area (Å²) in [6.07, 6.45) is -1.28. The first kappa shape index (κ1) is 25.1. The van der Waals surface area contributed by atoms with Crippen molar-refractivity contribution in [2.45, 2.75) is 84.6 Å². The normalized spacial score (nSPS) is 37.4. The van der Waals surface area contributed by atoms with Gasteiger partial charge < -0.3 is 28.4 Å². The van der Waals surface area contributed by atoms with E-state index in [1.807, 2.05) is 37.3 Å². The summed E-state index contributed by atoms with van der Waals surface area (Å²) < 4.78 is 36.1. The zero-order valence-corrected chi connectivity index (χ0v) is 20.1. The van der Waals surface area contributed by atoms with Gasteiger partial charge in [-0.1, -0.05) is 58.0 Å². The fourth-order valence-corrected chi connectivity index (χ4v) is 4.66. The quantitative estimate of drug-likeness (QED) is 0.528. The molecule has 0 aromatic heterocycles. The third-order valence-electron chi connectivity index (χ3n) is 6.76. The van der Waals surface area contributed by atoms with E-state index in [4.69, 9.17) is 28.4 Å². The van der Waals surface area contributed by atoms with E-state index in [0.29, 0.717) is 13.2 Å². The maximum Gasteiger partial charge on any atom is 0.303 e. The Morgan fingerprint density at radius 1 is 0.938 bits per heavy atom. The number of carbonyl (C=O) groups excluding carboxylic acids is 1. The predicted octanol–water partition coefficient (Wildman–Crippen LogP) is 3.93. The molecule has 0 amide bonds. The average molecular weight is 451 g/mol. The van der Waals surface area contributed by atoms with Gasteiger partial charge in [-0.05, 0) is 17.9 Å². The van der Waals surface area contributed by atoms with E-state index in [1.54, 1.807) is 7.11 Å². The smallest absolute Gasteiger partial charge is 0.303 e. The van der Waals surface area contributed by atoms with E-state index in [1.165, 1.54) is 6.92 Å². The molecule has 0 N–H and O–H groups in total. The van der Waals surface area contributed by atoms with E-state index in [2.05, 4.69) is 20.8 Å². The number of esters is 1. The van der Waals surface area contributed by atoms with Gasteiger partial charge >= 0.3 is 5.97 Å². The zero-order chi connectivity index (χ0) is 23.3. The molecule has 32 heavy (non-hydrogen) atoms. The highest BCUT2D eigenvalue weighted by molar-refractivity contribution is 5.66. The molecule has 1 aromatic rings. The van der Waals surface area contributed by atoms with E-state index in [0.717, 1.165) is 12.0 Å². The SMILES string of the molecule is CC[C@H]1O[C@@H](O[C@@H]2C(COCc3ccccc3)O[C@H](OC)C(C)[C@H]2C)C(OC(C)=O)[C@H]1C. The second-order valence-corrected chi connectivity index (χ2v) is 8.98. The molecule has 0 bridgehead atoms. The number of benzene rings is 1. The first-order chi connectivity index (χ1) is 15.3. The molecule has 0 radical (unpaired) electrons. The van der Waals surface area contributed by atoms with E-state index in [9.17, 15) is 4.79 Å². The number of rotatable bonds is 9. The molecule has 0 spiro atoms. The van der Waals surface area contributed by atoms with Crippen molar-refractivity contribution in [3.8, 4) is 0 Å². The Morgan fingerprint density at radius 2 is 1.62 bits per heavy atom. The topological polar surface area (TPSA) is 72.5 Å². The van der Waals surface area contributed by atoms with Gasteiger partial charge in [0.05, 0.1) is 25.4 Å². The summed E-state index contributed by atoms with van der Waals surface area (Å²) in [4.78, 5) is 11.7. The zero-order valence-electron chi connectivity index (χ0n) is 20.1. The second kappa shape index (κ2) is 11.6. The number of ether oxygens (including phenoxy) is 6. The first-order valence-corrected chi connectivity index (χ1v) is 11.6. The van der Waals surface area contributed by atoms with Gasteiger partial charge in [0.25, 0.3) is 0 Å². The molecule has 7 nitrogen and oxygen atoms in total. The number of hydrogen-bond acceptors (Lipinski definition) is 7. The van der Waals surface area contributed by atoms with Crippen molar-refractivity contribution in [3.63, 3.8) is 0 Å². The molecule has 1 aromatic carbocycles. The fraction of sp³-hybridized carbons (Fsp3) is 0.720. The van der Waals surface area contributed by atoms with Crippen LogP contribution in [0.1, 0.15) is 46.6 Å². The maximum absolute atomic E-state index is 11.7. The van der Waals surface area contributed by atoms with Gasteiger partial charge in [0, 0.05) is 25.9 Å². The van der Waals surface area contributed by atoms with Crippen LogP contribution in [-0.4, -0.2) is 56.7 Å². The first-order valence-electron chi connectivity index (χ1n) is 11.6. The minimum Gasteiger partial charge on any atom is -0.457 e. The van der Waals surface area contributed by atoms with Crippen molar-refractivity contribution in [3.05, 3.63) is 35.9 Å². The molecule has 3 unspecified atom stereocenters. The van der Waals surface area contributed by atoms with Crippen LogP contribution < -0.4 is 0 Å². The lowest BCUT2D eigenvalue weighted by Gasteiger charge is -2.44. The van der Waals surface area contributed by atoms with E-state index < -0.39 is 12.4 Å². The Hall–Kier alpha value is -1.51. The molecule has 0 saturated carbocycles. The minimum atomic E-state index is -0.641. The lowest BCUT2D eigenvalue weighted by Crippen LogP contribution is -2.54. The largest absolute Gasteiger partial charge is 0.457 e. The van der Waals surface area contributed by atoms with Gasteiger partial charge in [-0.15, -0.1) is 0 Å². The third-order valence-corrected chi connectivity index (χ3v) is 6.76. The summed E-state index contributed by atoms with van der Waals surface area (Å²) in [5, 5.41) is 0.